The number of carbonyl (C=O) groups is 1. The topological polar surface area (TPSA) is 17.1 Å². The summed E-state index contributed by atoms with van der Waals surface area (Å²) in [6, 6.07) is 0. The van der Waals surface area contributed by atoms with Crippen LogP contribution >= 0.6 is 0 Å². The Morgan fingerprint density at radius 1 is 1.45 bits per heavy atom. The maximum absolute atomic E-state index is 10.2. The Morgan fingerprint density at radius 2 is 2.18 bits per heavy atom. The molecule has 0 radical (unpaired) electrons. The second-order valence-corrected chi connectivity index (χ2v) is 2.83. The summed E-state index contributed by atoms with van der Waals surface area (Å²) in [6.45, 7) is 4.18. The van der Waals surface area contributed by atoms with Gasteiger partial charge in [-0.05, 0) is 19.3 Å². The first-order valence-electron chi connectivity index (χ1n) is 4.41. The highest BCUT2D eigenvalue weighted by atomic mass is 16.1. The minimum Gasteiger partial charge on any atom is -0.303 e. The van der Waals surface area contributed by atoms with Crippen LogP contribution in [0.4, 0.5) is 0 Å². The van der Waals surface area contributed by atoms with E-state index in [4.69, 9.17) is 0 Å². The molecule has 0 aromatic rings. The Hall–Kier alpha value is -0.590. The molecule has 0 saturated carbocycles. The predicted octanol–water partition coefficient (Wildman–Crippen LogP) is 2.96. The Morgan fingerprint density at radius 3 is 2.64 bits per heavy atom. The van der Waals surface area contributed by atoms with Crippen molar-refractivity contribution in [1.82, 2.24) is 0 Å². The summed E-state index contributed by atoms with van der Waals surface area (Å²) in [6.07, 6.45) is 9.45. The molecule has 0 N–H and O–H groups in total. The molecule has 1 heteroatoms. The summed E-state index contributed by atoms with van der Waals surface area (Å²) in [5.74, 6) is 0.484. The molecule has 0 amide bonds. The van der Waals surface area contributed by atoms with Crippen LogP contribution in [0.25, 0.3) is 0 Å². The second-order valence-electron chi connectivity index (χ2n) is 2.83. The van der Waals surface area contributed by atoms with E-state index >= 15 is 0 Å². The van der Waals surface area contributed by atoms with E-state index < -0.39 is 0 Å². The van der Waals surface area contributed by atoms with Crippen LogP contribution < -0.4 is 0 Å². The first-order chi connectivity index (χ1) is 5.35. The summed E-state index contributed by atoms with van der Waals surface area (Å²) < 4.78 is 0. The van der Waals surface area contributed by atoms with Crippen molar-refractivity contribution in [1.29, 1.82) is 0 Å². The second kappa shape index (κ2) is 7.52. The van der Waals surface area contributed by atoms with E-state index in [-0.39, 0.29) is 0 Å². The van der Waals surface area contributed by atoms with Crippen LogP contribution in [0.3, 0.4) is 0 Å². The lowest BCUT2D eigenvalue weighted by Crippen LogP contribution is -1.96. The zero-order valence-electron chi connectivity index (χ0n) is 7.55. The highest BCUT2D eigenvalue weighted by Crippen LogP contribution is 2.12. The Labute approximate surface area is 69.5 Å². The van der Waals surface area contributed by atoms with Crippen molar-refractivity contribution in [2.24, 2.45) is 5.92 Å². The number of hydrogen-bond donors (Lipinski definition) is 0. The van der Waals surface area contributed by atoms with Gasteiger partial charge in [0, 0.05) is 6.42 Å². The zero-order valence-corrected chi connectivity index (χ0v) is 7.55. The summed E-state index contributed by atoms with van der Waals surface area (Å²) in [7, 11) is 0. The SMILES string of the molecule is C/C=C\C(CC=O)CCCC. The van der Waals surface area contributed by atoms with Gasteiger partial charge in [-0.1, -0.05) is 31.9 Å². The number of carbonyl (C=O) groups excluding carboxylic acids is 1. The molecule has 1 atom stereocenters. The molecule has 0 aromatic heterocycles. The normalized spacial score (nSPS) is 13.6. The van der Waals surface area contributed by atoms with Gasteiger partial charge in [-0.2, -0.15) is 0 Å². The third kappa shape index (κ3) is 5.84. The average molecular weight is 154 g/mol. The predicted molar refractivity (Wildman–Crippen MR) is 48.5 cm³/mol. The van der Waals surface area contributed by atoms with Crippen LogP contribution in [0.5, 0.6) is 0 Å². The molecule has 0 spiro atoms. The first kappa shape index (κ1) is 10.4. The molecular weight excluding hydrogens is 136 g/mol. The lowest BCUT2D eigenvalue weighted by molar-refractivity contribution is -0.108. The minimum atomic E-state index is 0.484. The largest absolute Gasteiger partial charge is 0.303 e. The maximum atomic E-state index is 10.2. The minimum absolute atomic E-state index is 0.484. The molecule has 0 heterocycles. The third-order valence-corrected chi connectivity index (χ3v) is 1.79. The van der Waals surface area contributed by atoms with Crippen molar-refractivity contribution in [2.45, 2.75) is 39.5 Å². The molecule has 0 rings (SSSR count). The number of hydrogen-bond acceptors (Lipinski definition) is 1. The monoisotopic (exact) mass is 154 g/mol. The van der Waals surface area contributed by atoms with Crippen molar-refractivity contribution >= 4 is 6.29 Å². The van der Waals surface area contributed by atoms with Gasteiger partial charge in [-0.25, -0.2) is 0 Å². The van der Waals surface area contributed by atoms with Gasteiger partial charge in [0.05, 0.1) is 0 Å². The molecule has 0 aromatic carbocycles. The number of rotatable bonds is 6. The van der Waals surface area contributed by atoms with Crippen LogP contribution in [0.15, 0.2) is 12.2 Å². The van der Waals surface area contributed by atoms with E-state index in [2.05, 4.69) is 13.0 Å². The van der Waals surface area contributed by atoms with E-state index in [1.807, 2.05) is 13.0 Å². The summed E-state index contributed by atoms with van der Waals surface area (Å²) >= 11 is 0. The molecule has 0 fully saturated rings. The fraction of sp³-hybridized carbons (Fsp3) is 0.700. The van der Waals surface area contributed by atoms with Crippen LogP contribution in [-0.4, -0.2) is 6.29 Å². The molecule has 1 nitrogen and oxygen atoms in total. The third-order valence-electron chi connectivity index (χ3n) is 1.79. The van der Waals surface area contributed by atoms with Crippen LogP contribution in [0.2, 0.25) is 0 Å². The lowest BCUT2D eigenvalue weighted by Gasteiger charge is -2.06. The Bertz CT molecular complexity index is 116. The van der Waals surface area contributed by atoms with Crippen molar-refractivity contribution in [3.05, 3.63) is 12.2 Å². The van der Waals surface area contributed by atoms with Crippen LogP contribution in [0.1, 0.15) is 39.5 Å². The molecule has 0 aliphatic carbocycles. The average Bonchev–Trinajstić information content (AvgIpc) is 2.01. The summed E-state index contributed by atoms with van der Waals surface area (Å²) in [5.41, 5.74) is 0. The van der Waals surface area contributed by atoms with E-state index in [9.17, 15) is 4.79 Å². The van der Waals surface area contributed by atoms with Gasteiger partial charge in [0.1, 0.15) is 6.29 Å². The molecule has 64 valence electrons. The van der Waals surface area contributed by atoms with Crippen molar-refractivity contribution in [2.75, 3.05) is 0 Å². The zero-order chi connectivity index (χ0) is 8.53. The number of aldehydes is 1. The molecular formula is C10H18O. The van der Waals surface area contributed by atoms with Crippen LogP contribution in [0, 0.1) is 5.92 Å². The molecule has 0 aliphatic heterocycles. The van der Waals surface area contributed by atoms with Gasteiger partial charge < -0.3 is 4.79 Å². The highest BCUT2D eigenvalue weighted by Gasteiger charge is 2.01. The van der Waals surface area contributed by atoms with Crippen molar-refractivity contribution in [3.63, 3.8) is 0 Å². The molecule has 0 saturated heterocycles. The van der Waals surface area contributed by atoms with Crippen molar-refractivity contribution in [3.8, 4) is 0 Å². The Balaban J connectivity index is 3.59. The van der Waals surface area contributed by atoms with E-state index in [1.54, 1.807) is 0 Å². The van der Waals surface area contributed by atoms with Crippen LogP contribution in [-0.2, 0) is 4.79 Å². The summed E-state index contributed by atoms with van der Waals surface area (Å²) in [5, 5.41) is 0. The number of unbranched alkanes of at least 4 members (excludes halogenated alkanes) is 1. The Kier molecular flexibility index (Phi) is 7.11. The maximum Gasteiger partial charge on any atom is 0.120 e. The van der Waals surface area contributed by atoms with E-state index in [0.29, 0.717) is 12.3 Å². The highest BCUT2D eigenvalue weighted by molar-refractivity contribution is 5.50. The van der Waals surface area contributed by atoms with Gasteiger partial charge in [0.2, 0.25) is 0 Å². The molecule has 0 bridgehead atoms. The molecule has 1 unspecified atom stereocenters. The molecule has 11 heavy (non-hydrogen) atoms. The van der Waals surface area contributed by atoms with Gasteiger partial charge in [-0.15, -0.1) is 0 Å². The fourth-order valence-electron chi connectivity index (χ4n) is 1.15. The van der Waals surface area contributed by atoms with Gasteiger partial charge in [0.15, 0.2) is 0 Å². The van der Waals surface area contributed by atoms with Gasteiger partial charge in [-0.3, -0.25) is 0 Å². The first-order valence-corrected chi connectivity index (χ1v) is 4.41. The molecule has 0 aliphatic rings. The summed E-state index contributed by atoms with van der Waals surface area (Å²) in [4.78, 5) is 10.2. The quantitative estimate of drug-likeness (QED) is 0.424. The lowest BCUT2D eigenvalue weighted by atomic mass is 9.99. The smallest absolute Gasteiger partial charge is 0.120 e. The van der Waals surface area contributed by atoms with E-state index in [1.165, 1.54) is 12.8 Å². The van der Waals surface area contributed by atoms with Gasteiger partial charge in [0.25, 0.3) is 0 Å². The standard InChI is InChI=1S/C10H18O/c1-3-5-7-10(6-4-2)8-9-11/h4,6,9-10H,3,5,7-8H2,1-2H3/b6-4-. The number of allylic oxidation sites excluding steroid dienone is 2. The van der Waals surface area contributed by atoms with Gasteiger partial charge >= 0.3 is 0 Å². The van der Waals surface area contributed by atoms with E-state index in [0.717, 1.165) is 12.7 Å². The fourth-order valence-corrected chi connectivity index (χ4v) is 1.15. The van der Waals surface area contributed by atoms with Crippen molar-refractivity contribution < 1.29 is 4.79 Å².